The standard InChI is InChI=1S/C18H17N5O2/c24-17(20-12-16-22-21-15-9-5-11-23(15)16)14-8-4-10-19-18(14)25-13-6-2-1-3-7-13/h1-4,6-8,10H,5,9,11-12H2,(H,20,24). The maximum Gasteiger partial charge on any atom is 0.257 e. The number of hydrogen-bond acceptors (Lipinski definition) is 5. The zero-order chi connectivity index (χ0) is 17.1. The minimum absolute atomic E-state index is 0.255. The number of carbonyl (C=O) groups is 1. The normalized spacial score (nSPS) is 12.6. The summed E-state index contributed by atoms with van der Waals surface area (Å²) in [5.74, 6) is 2.41. The molecule has 0 atom stereocenters. The van der Waals surface area contributed by atoms with E-state index in [2.05, 4.69) is 25.1 Å². The second-order valence-electron chi connectivity index (χ2n) is 5.74. The fraction of sp³-hybridized carbons (Fsp3) is 0.222. The summed E-state index contributed by atoms with van der Waals surface area (Å²) in [6.07, 6.45) is 3.61. The maximum absolute atomic E-state index is 12.6. The van der Waals surface area contributed by atoms with E-state index < -0.39 is 0 Å². The monoisotopic (exact) mass is 335 g/mol. The van der Waals surface area contributed by atoms with Crippen LogP contribution in [-0.2, 0) is 19.5 Å². The highest BCUT2D eigenvalue weighted by atomic mass is 16.5. The average molecular weight is 335 g/mol. The van der Waals surface area contributed by atoms with Crippen LogP contribution in [0.2, 0.25) is 0 Å². The van der Waals surface area contributed by atoms with Gasteiger partial charge in [-0.25, -0.2) is 4.98 Å². The molecule has 0 bridgehead atoms. The van der Waals surface area contributed by atoms with Crippen LogP contribution in [0.4, 0.5) is 0 Å². The molecule has 3 aromatic rings. The fourth-order valence-corrected chi connectivity index (χ4v) is 2.84. The number of fused-ring (bicyclic) bond motifs is 1. The van der Waals surface area contributed by atoms with Crippen LogP contribution < -0.4 is 10.1 Å². The molecule has 1 aromatic carbocycles. The van der Waals surface area contributed by atoms with Gasteiger partial charge in [0, 0.05) is 19.2 Å². The first-order valence-electron chi connectivity index (χ1n) is 8.18. The molecule has 7 nitrogen and oxygen atoms in total. The first-order chi connectivity index (χ1) is 12.3. The van der Waals surface area contributed by atoms with Crippen molar-refractivity contribution in [2.45, 2.75) is 25.9 Å². The summed E-state index contributed by atoms with van der Waals surface area (Å²) in [6, 6.07) is 12.7. The van der Waals surface area contributed by atoms with Gasteiger partial charge in [-0.05, 0) is 30.7 Å². The van der Waals surface area contributed by atoms with Gasteiger partial charge in [0.25, 0.3) is 5.91 Å². The number of carbonyl (C=O) groups excluding carboxylic acids is 1. The molecule has 0 radical (unpaired) electrons. The summed E-state index contributed by atoms with van der Waals surface area (Å²) in [5, 5.41) is 11.2. The predicted octanol–water partition coefficient (Wildman–Crippen LogP) is 2.34. The summed E-state index contributed by atoms with van der Waals surface area (Å²) in [7, 11) is 0. The number of rotatable bonds is 5. The van der Waals surface area contributed by atoms with E-state index in [0.29, 0.717) is 17.9 Å². The van der Waals surface area contributed by atoms with Crippen LogP contribution >= 0.6 is 0 Å². The van der Waals surface area contributed by atoms with Crippen LogP contribution in [0, 0.1) is 0 Å². The molecule has 7 heteroatoms. The van der Waals surface area contributed by atoms with E-state index in [-0.39, 0.29) is 11.8 Å². The van der Waals surface area contributed by atoms with Gasteiger partial charge < -0.3 is 14.6 Å². The number of aryl methyl sites for hydroxylation is 1. The van der Waals surface area contributed by atoms with Gasteiger partial charge in [0.05, 0.1) is 6.54 Å². The molecule has 1 aliphatic rings. The summed E-state index contributed by atoms with van der Waals surface area (Å²) in [4.78, 5) is 16.7. The second kappa shape index (κ2) is 6.72. The van der Waals surface area contributed by atoms with Crippen molar-refractivity contribution < 1.29 is 9.53 Å². The van der Waals surface area contributed by atoms with E-state index in [1.54, 1.807) is 18.3 Å². The Morgan fingerprint density at radius 2 is 2.04 bits per heavy atom. The van der Waals surface area contributed by atoms with Gasteiger partial charge in [-0.3, -0.25) is 4.79 Å². The first-order valence-corrected chi connectivity index (χ1v) is 8.18. The van der Waals surface area contributed by atoms with E-state index in [1.165, 1.54) is 0 Å². The second-order valence-corrected chi connectivity index (χ2v) is 5.74. The lowest BCUT2D eigenvalue weighted by Crippen LogP contribution is -2.25. The third kappa shape index (κ3) is 3.21. The molecule has 4 rings (SSSR count). The third-order valence-corrected chi connectivity index (χ3v) is 4.07. The van der Waals surface area contributed by atoms with Crippen molar-refractivity contribution in [3.63, 3.8) is 0 Å². The van der Waals surface area contributed by atoms with Crippen molar-refractivity contribution in [2.75, 3.05) is 0 Å². The number of aromatic nitrogens is 4. The zero-order valence-corrected chi connectivity index (χ0v) is 13.6. The Bertz CT molecular complexity index is 891. The van der Waals surface area contributed by atoms with Gasteiger partial charge in [-0.1, -0.05) is 18.2 Å². The summed E-state index contributed by atoms with van der Waals surface area (Å²) in [5.41, 5.74) is 0.382. The molecule has 0 unspecified atom stereocenters. The topological polar surface area (TPSA) is 81.9 Å². The van der Waals surface area contributed by atoms with Crippen LogP contribution in [0.3, 0.4) is 0 Å². The van der Waals surface area contributed by atoms with E-state index >= 15 is 0 Å². The minimum Gasteiger partial charge on any atom is -0.438 e. The summed E-state index contributed by atoms with van der Waals surface area (Å²) < 4.78 is 7.80. The quantitative estimate of drug-likeness (QED) is 0.774. The smallest absolute Gasteiger partial charge is 0.257 e. The van der Waals surface area contributed by atoms with Crippen molar-refractivity contribution in [1.82, 2.24) is 25.1 Å². The highest BCUT2D eigenvalue weighted by Crippen LogP contribution is 2.22. The Morgan fingerprint density at radius 1 is 1.16 bits per heavy atom. The number of pyridine rings is 1. The number of hydrogen-bond donors (Lipinski definition) is 1. The highest BCUT2D eigenvalue weighted by molar-refractivity contribution is 5.96. The molecule has 25 heavy (non-hydrogen) atoms. The lowest BCUT2D eigenvalue weighted by molar-refractivity contribution is 0.0946. The lowest BCUT2D eigenvalue weighted by Gasteiger charge is -2.10. The van der Waals surface area contributed by atoms with Gasteiger partial charge >= 0.3 is 0 Å². The number of ether oxygens (including phenoxy) is 1. The van der Waals surface area contributed by atoms with Gasteiger partial charge in [0.1, 0.15) is 17.1 Å². The molecule has 0 saturated heterocycles. The molecule has 0 spiro atoms. The van der Waals surface area contributed by atoms with Crippen LogP contribution in [0.25, 0.3) is 0 Å². The van der Waals surface area contributed by atoms with Crippen LogP contribution in [0.15, 0.2) is 48.7 Å². The Hall–Kier alpha value is -3.22. The predicted molar refractivity (Wildman–Crippen MR) is 90.3 cm³/mol. The number of para-hydroxylation sites is 1. The van der Waals surface area contributed by atoms with Gasteiger partial charge in [-0.2, -0.15) is 0 Å². The van der Waals surface area contributed by atoms with E-state index in [1.807, 2.05) is 30.3 Å². The lowest BCUT2D eigenvalue weighted by atomic mass is 10.2. The van der Waals surface area contributed by atoms with Crippen molar-refractivity contribution in [1.29, 1.82) is 0 Å². The molecule has 0 fully saturated rings. The number of nitrogens with one attached hydrogen (secondary N) is 1. The van der Waals surface area contributed by atoms with Crippen molar-refractivity contribution in [2.24, 2.45) is 0 Å². The largest absolute Gasteiger partial charge is 0.438 e. The number of nitrogens with zero attached hydrogens (tertiary/aromatic N) is 4. The molecular formula is C18H17N5O2. The molecule has 0 saturated carbocycles. The Kier molecular flexibility index (Phi) is 4.12. The highest BCUT2D eigenvalue weighted by Gasteiger charge is 2.19. The minimum atomic E-state index is -0.255. The Morgan fingerprint density at radius 3 is 2.92 bits per heavy atom. The van der Waals surface area contributed by atoms with Gasteiger partial charge in [0.15, 0.2) is 5.82 Å². The average Bonchev–Trinajstić information content (AvgIpc) is 3.25. The van der Waals surface area contributed by atoms with E-state index in [4.69, 9.17) is 4.74 Å². The van der Waals surface area contributed by atoms with Crippen molar-refractivity contribution in [3.8, 4) is 11.6 Å². The van der Waals surface area contributed by atoms with Crippen molar-refractivity contribution in [3.05, 3.63) is 65.9 Å². The zero-order valence-electron chi connectivity index (χ0n) is 13.6. The fourth-order valence-electron chi connectivity index (χ4n) is 2.84. The first kappa shape index (κ1) is 15.3. The Labute approximate surface area is 144 Å². The van der Waals surface area contributed by atoms with Gasteiger partial charge in [-0.15, -0.1) is 10.2 Å². The molecule has 1 N–H and O–H groups in total. The maximum atomic E-state index is 12.6. The Balaban J connectivity index is 1.48. The number of benzene rings is 1. The van der Waals surface area contributed by atoms with E-state index in [0.717, 1.165) is 31.0 Å². The summed E-state index contributed by atoms with van der Waals surface area (Å²) in [6.45, 7) is 1.23. The molecule has 2 aromatic heterocycles. The molecule has 126 valence electrons. The van der Waals surface area contributed by atoms with Crippen LogP contribution in [0.5, 0.6) is 11.6 Å². The molecular weight excluding hydrogens is 318 g/mol. The SMILES string of the molecule is O=C(NCc1nnc2n1CCC2)c1cccnc1Oc1ccccc1. The number of amides is 1. The molecule has 1 aliphatic heterocycles. The van der Waals surface area contributed by atoms with Crippen molar-refractivity contribution >= 4 is 5.91 Å². The summed E-state index contributed by atoms with van der Waals surface area (Å²) >= 11 is 0. The molecule has 3 heterocycles. The van der Waals surface area contributed by atoms with Gasteiger partial charge in [0.2, 0.25) is 5.88 Å². The van der Waals surface area contributed by atoms with E-state index in [9.17, 15) is 4.79 Å². The third-order valence-electron chi connectivity index (χ3n) is 4.07. The van der Waals surface area contributed by atoms with Crippen LogP contribution in [-0.4, -0.2) is 25.7 Å². The molecule has 0 aliphatic carbocycles. The molecule has 1 amide bonds. The van der Waals surface area contributed by atoms with Crippen LogP contribution in [0.1, 0.15) is 28.4 Å².